The van der Waals surface area contributed by atoms with Gasteiger partial charge in [-0.05, 0) is 11.0 Å². The van der Waals surface area contributed by atoms with E-state index >= 15 is 0 Å². The average molecular weight is 204 g/mol. The van der Waals surface area contributed by atoms with E-state index in [-0.39, 0.29) is 22.8 Å². The van der Waals surface area contributed by atoms with Crippen molar-refractivity contribution in [3.8, 4) is 5.75 Å². The molecule has 2 rings (SSSR count). The van der Waals surface area contributed by atoms with E-state index in [1.807, 2.05) is 0 Å². The van der Waals surface area contributed by atoms with Crippen LogP contribution in [-0.2, 0) is 0 Å². The van der Waals surface area contributed by atoms with Crippen molar-refractivity contribution in [2.75, 3.05) is 0 Å². The van der Waals surface area contributed by atoms with Gasteiger partial charge < -0.3 is 15.2 Å². The second-order valence-corrected chi connectivity index (χ2v) is 2.74. The minimum atomic E-state index is -0.614. The summed E-state index contributed by atoms with van der Waals surface area (Å²) in [7, 11) is 0. The number of nitrogens with zero attached hydrogens (tertiary/aromatic N) is 4. The highest BCUT2D eigenvalue weighted by molar-refractivity contribution is 5.73. The molecule has 0 saturated heterocycles. The summed E-state index contributed by atoms with van der Waals surface area (Å²) in [5.74, 6) is -0.551. The van der Waals surface area contributed by atoms with Gasteiger partial charge in [0.25, 0.3) is 5.69 Å². The fraction of sp³-hybridized carbons (Fsp3) is 0. The fourth-order valence-corrected chi connectivity index (χ4v) is 1.24. The van der Waals surface area contributed by atoms with E-state index in [0.29, 0.717) is 0 Å². The zero-order chi connectivity index (χ0) is 11.0. The van der Waals surface area contributed by atoms with Gasteiger partial charge in [0.15, 0.2) is 11.3 Å². The molecule has 2 aromatic heterocycles. The number of hydrogen-bond acceptors (Lipinski definition) is 4. The maximum Gasteiger partial charge on any atom is 0.348 e. The lowest BCUT2D eigenvalue weighted by atomic mass is 10.4. The van der Waals surface area contributed by atoms with Crippen LogP contribution in [0.5, 0.6) is 5.75 Å². The maximum atomic E-state index is 10.5. The van der Waals surface area contributed by atoms with E-state index in [1.165, 1.54) is 12.1 Å². The highest BCUT2D eigenvalue weighted by atomic mass is 16.6. The van der Waals surface area contributed by atoms with Gasteiger partial charge in [-0.1, -0.05) is 9.61 Å². The van der Waals surface area contributed by atoms with Gasteiger partial charge in [-0.2, -0.15) is 0 Å². The Kier molecular flexibility index (Phi) is 1.76. The number of hydrogen-bond donors (Lipinski definition) is 1. The molecule has 0 amide bonds. The molecule has 0 saturated carbocycles. The van der Waals surface area contributed by atoms with Crippen molar-refractivity contribution < 1.29 is 10.0 Å². The molecule has 7 nitrogen and oxygen atoms in total. The second-order valence-electron chi connectivity index (χ2n) is 2.74. The fourth-order valence-electron chi connectivity index (χ4n) is 1.24. The van der Waals surface area contributed by atoms with E-state index in [9.17, 15) is 15.2 Å². The lowest BCUT2D eigenvalue weighted by Gasteiger charge is -1.96. The standard InChI is InChI=1S/C8H4N4O3/c1-9-5-4-10-11-6(8(5)13)2-3-7(11)12(14)15/h2-4,13H. The summed E-state index contributed by atoms with van der Waals surface area (Å²) in [5, 5.41) is 23.8. The topological polar surface area (TPSA) is 85.0 Å². The van der Waals surface area contributed by atoms with Gasteiger partial charge in [0, 0.05) is 6.07 Å². The molecule has 0 aliphatic rings. The molecule has 0 atom stereocenters. The van der Waals surface area contributed by atoms with Crippen molar-refractivity contribution in [2.45, 2.75) is 0 Å². The molecule has 15 heavy (non-hydrogen) atoms. The van der Waals surface area contributed by atoms with Gasteiger partial charge in [-0.25, -0.2) is 4.85 Å². The van der Waals surface area contributed by atoms with Crippen LogP contribution in [0.4, 0.5) is 11.5 Å². The largest absolute Gasteiger partial charge is 0.515 e. The molecular formula is C8H4N4O3. The quantitative estimate of drug-likeness (QED) is 0.433. The zero-order valence-electron chi connectivity index (χ0n) is 7.28. The predicted octanol–water partition coefficient (Wildman–Crippen LogP) is 1.50. The lowest BCUT2D eigenvalue weighted by Crippen LogP contribution is -1.97. The van der Waals surface area contributed by atoms with E-state index in [0.717, 1.165) is 10.7 Å². The smallest absolute Gasteiger partial charge is 0.348 e. The Morgan fingerprint density at radius 1 is 1.60 bits per heavy atom. The highest BCUT2D eigenvalue weighted by Gasteiger charge is 2.18. The van der Waals surface area contributed by atoms with Crippen molar-refractivity contribution in [3.05, 3.63) is 39.9 Å². The first-order valence-corrected chi connectivity index (χ1v) is 3.86. The summed E-state index contributed by atoms with van der Waals surface area (Å²) < 4.78 is 0.976. The molecule has 7 heteroatoms. The van der Waals surface area contributed by atoms with Crippen molar-refractivity contribution in [1.82, 2.24) is 9.61 Å². The molecule has 74 valence electrons. The van der Waals surface area contributed by atoms with Crippen LogP contribution in [0, 0.1) is 16.7 Å². The van der Waals surface area contributed by atoms with E-state index in [4.69, 9.17) is 6.57 Å². The molecule has 0 bridgehead atoms. The van der Waals surface area contributed by atoms with Crippen LogP contribution in [0.3, 0.4) is 0 Å². The van der Waals surface area contributed by atoms with Crippen LogP contribution in [0.15, 0.2) is 18.3 Å². The van der Waals surface area contributed by atoms with Crippen LogP contribution in [0.1, 0.15) is 0 Å². The Bertz CT molecular complexity index is 596. The van der Waals surface area contributed by atoms with Crippen molar-refractivity contribution in [1.29, 1.82) is 0 Å². The molecule has 0 fully saturated rings. The monoisotopic (exact) mass is 204 g/mol. The van der Waals surface area contributed by atoms with Gasteiger partial charge in [-0.3, -0.25) is 0 Å². The number of aromatic nitrogens is 2. The van der Waals surface area contributed by atoms with Crippen molar-refractivity contribution >= 4 is 17.0 Å². The van der Waals surface area contributed by atoms with Crippen molar-refractivity contribution in [3.63, 3.8) is 0 Å². The van der Waals surface area contributed by atoms with Gasteiger partial charge in [0.1, 0.15) is 0 Å². The Balaban J connectivity index is 2.83. The Hall–Kier alpha value is -2.62. The SMILES string of the molecule is [C-]#[N+]c1cnn2c([N+](=O)[O-])ccc2c1O. The molecule has 0 aliphatic carbocycles. The Morgan fingerprint density at radius 3 is 2.93 bits per heavy atom. The zero-order valence-corrected chi connectivity index (χ0v) is 7.28. The first-order chi connectivity index (χ1) is 7.15. The molecule has 2 aromatic rings. The summed E-state index contributed by atoms with van der Waals surface area (Å²) in [6.07, 6.45) is 1.09. The summed E-state index contributed by atoms with van der Waals surface area (Å²) in [6, 6.07) is 2.56. The molecule has 0 aromatic carbocycles. The van der Waals surface area contributed by atoms with Gasteiger partial charge in [0.2, 0.25) is 0 Å². The van der Waals surface area contributed by atoms with Crippen LogP contribution in [-0.4, -0.2) is 19.6 Å². The Labute approximate surface area is 83.2 Å². The molecule has 0 unspecified atom stereocenters. The first kappa shape index (κ1) is 8.96. The molecule has 0 spiro atoms. The lowest BCUT2D eigenvalue weighted by molar-refractivity contribution is -0.390. The van der Waals surface area contributed by atoms with Gasteiger partial charge in [0.05, 0.1) is 12.8 Å². The van der Waals surface area contributed by atoms with Crippen LogP contribution in [0.2, 0.25) is 0 Å². The summed E-state index contributed by atoms with van der Waals surface area (Å²) >= 11 is 0. The predicted molar refractivity (Wildman–Crippen MR) is 49.8 cm³/mol. The van der Waals surface area contributed by atoms with Crippen molar-refractivity contribution in [2.24, 2.45) is 0 Å². The minimum absolute atomic E-state index is 0.0319. The highest BCUT2D eigenvalue weighted by Crippen LogP contribution is 2.32. The third kappa shape index (κ3) is 1.16. The Morgan fingerprint density at radius 2 is 2.33 bits per heavy atom. The molecule has 2 heterocycles. The molecular weight excluding hydrogens is 200 g/mol. The van der Waals surface area contributed by atoms with Gasteiger partial charge >= 0.3 is 5.82 Å². The van der Waals surface area contributed by atoms with E-state index in [2.05, 4.69) is 9.94 Å². The molecule has 0 aliphatic heterocycles. The number of rotatable bonds is 1. The maximum absolute atomic E-state index is 10.5. The summed E-state index contributed by atoms with van der Waals surface area (Å²) in [5.41, 5.74) is 0.116. The van der Waals surface area contributed by atoms with Crippen LogP contribution < -0.4 is 0 Å². The van der Waals surface area contributed by atoms with Gasteiger partial charge in [-0.15, -0.1) is 0 Å². The first-order valence-electron chi connectivity index (χ1n) is 3.86. The third-order valence-electron chi connectivity index (χ3n) is 1.92. The second kappa shape index (κ2) is 2.95. The third-order valence-corrected chi connectivity index (χ3v) is 1.92. The number of nitro groups is 1. The van der Waals surface area contributed by atoms with Crippen LogP contribution >= 0.6 is 0 Å². The average Bonchev–Trinajstić information content (AvgIpc) is 2.62. The summed E-state index contributed by atoms with van der Waals surface area (Å²) in [4.78, 5) is 13.0. The number of aromatic hydroxyl groups is 1. The number of fused-ring (bicyclic) bond motifs is 1. The van der Waals surface area contributed by atoms with E-state index < -0.39 is 4.92 Å². The normalized spacial score (nSPS) is 10.1. The molecule has 0 radical (unpaired) electrons. The van der Waals surface area contributed by atoms with Crippen LogP contribution in [0.25, 0.3) is 10.4 Å². The minimum Gasteiger partial charge on any atom is -0.515 e. The summed E-state index contributed by atoms with van der Waals surface area (Å²) in [6.45, 7) is 6.73. The molecule has 1 N–H and O–H groups in total. The van der Waals surface area contributed by atoms with E-state index in [1.54, 1.807) is 0 Å².